The van der Waals surface area contributed by atoms with Gasteiger partial charge in [0.1, 0.15) is 0 Å². The number of carbonyl (C=O) groups is 1. The van der Waals surface area contributed by atoms with Crippen molar-refractivity contribution in [3.8, 4) is 0 Å². The van der Waals surface area contributed by atoms with Crippen LogP contribution in [0.4, 0.5) is 4.79 Å². The Labute approximate surface area is 153 Å². The molecule has 2 bridgehead atoms. The Hall–Kier alpha value is -2.75. The minimum absolute atomic E-state index is 0.152. The van der Waals surface area contributed by atoms with Gasteiger partial charge in [-0.3, -0.25) is 0 Å². The molecule has 5 rings (SSSR count). The lowest BCUT2D eigenvalue weighted by Gasteiger charge is -2.42. The molecule has 1 atom stereocenters. The van der Waals surface area contributed by atoms with E-state index in [1.54, 1.807) is 0 Å². The molecule has 2 aliphatic rings. The Morgan fingerprint density at radius 3 is 2.62 bits per heavy atom. The van der Waals surface area contributed by atoms with Crippen molar-refractivity contribution in [1.82, 2.24) is 14.4 Å². The molecule has 1 unspecified atom stereocenters. The molecule has 0 aliphatic carbocycles. The van der Waals surface area contributed by atoms with E-state index >= 15 is 0 Å². The fourth-order valence-corrected chi connectivity index (χ4v) is 4.61. The summed E-state index contributed by atoms with van der Waals surface area (Å²) in [7, 11) is 1.91. The Kier molecular flexibility index (Phi) is 3.36. The Morgan fingerprint density at radius 1 is 1.04 bits per heavy atom. The van der Waals surface area contributed by atoms with Crippen molar-refractivity contribution in [2.24, 2.45) is 0 Å². The Morgan fingerprint density at radius 2 is 1.81 bits per heavy atom. The summed E-state index contributed by atoms with van der Waals surface area (Å²) in [6.45, 7) is 5.32. The predicted octanol–water partition coefficient (Wildman–Crippen LogP) is 3.96. The SMILES string of the molecule is Cc1ccc(Cn2c3c(c4ccccc42)C2CN(C)C(=O)N(C3)C2)cc1. The van der Waals surface area contributed by atoms with E-state index < -0.39 is 0 Å². The van der Waals surface area contributed by atoms with E-state index in [1.165, 1.54) is 33.3 Å². The number of carbonyl (C=O) groups excluding carboxylic acids is 1. The van der Waals surface area contributed by atoms with Gasteiger partial charge in [-0.1, -0.05) is 48.0 Å². The molecule has 0 radical (unpaired) electrons. The number of amides is 2. The van der Waals surface area contributed by atoms with Crippen molar-refractivity contribution >= 4 is 16.9 Å². The van der Waals surface area contributed by atoms with Crippen LogP contribution in [0.1, 0.15) is 28.3 Å². The van der Waals surface area contributed by atoms with Crippen molar-refractivity contribution in [2.75, 3.05) is 20.1 Å². The van der Waals surface area contributed by atoms with E-state index in [2.05, 4.69) is 60.0 Å². The normalized spacial score (nSPS) is 19.2. The molecule has 2 amide bonds. The highest BCUT2D eigenvalue weighted by atomic mass is 16.2. The number of rotatable bonds is 2. The first-order chi connectivity index (χ1) is 12.6. The fourth-order valence-electron chi connectivity index (χ4n) is 4.61. The molecule has 0 spiro atoms. The van der Waals surface area contributed by atoms with Crippen molar-refractivity contribution in [2.45, 2.75) is 25.9 Å². The minimum Gasteiger partial charge on any atom is -0.338 e. The van der Waals surface area contributed by atoms with Crippen LogP contribution in [0.25, 0.3) is 10.9 Å². The number of hydrogen-bond acceptors (Lipinski definition) is 1. The van der Waals surface area contributed by atoms with E-state index in [1.807, 2.05) is 16.8 Å². The molecule has 1 aromatic heterocycles. The summed E-state index contributed by atoms with van der Waals surface area (Å²) in [6.07, 6.45) is 0. The first kappa shape index (κ1) is 15.5. The van der Waals surface area contributed by atoms with Crippen LogP contribution in [0.5, 0.6) is 0 Å². The summed E-state index contributed by atoms with van der Waals surface area (Å²) >= 11 is 0. The minimum atomic E-state index is 0.152. The van der Waals surface area contributed by atoms with Gasteiger partial charge in [0.15, 0.2) is 0 Å². The Bertz CT molecular complexity index is 1000. The lowest BCUT2D eigenvalue weighted by Crippen LogP contribution is -2.53. The van der Waals surface area contributed by atoms with Crippen molar-refractivity contribution in [1.29, 1.82) is 0 Å². The third-order valence-corrected chi connectivity index (χ3v) is 5.86. The topological polar surface area (TPSA) is 28.5 Å². The molecule has 4 heteroatoms. The third-order valence-electron chi connectivity index (χ3n) is 5.86. The molecule has 4 nitrogen and oxygen atoms in total. The monoisotopic (exact) mass is 345 g/mol. The van der Waals surface area contributed by atoms with E-state index in [9.17, 15) is 4.79 Å². The van der Waals surface area contributed by atoms with Gasteiger partial charge in [-0.05, 0) is 24.1 Å². The molecular formula is C22H23N3O. The second-order valence-corrected chi connectivity index (χ2v) is 7.69. The molecule has 1 saturated heterocycles. The Balaban J connectivity index is 1.68. The summed E-state index contributed by atoms with van der Waals surface area (Å²) < 4.78 is 2.42. The number of nitrogens with zero attached hydrogens (tertiary/aromatic N) is 3. The third kappa shape index (κ3) is 2.25. The fraction of sp³-hybridized carbons (Fsp3) is 0.318. The van der Waals surface area contributed by atoms with Crippen LogP contribution in [0.2, 0.25) is 0 Å². The maximum Gasteiger partial charge on any atom is 0.320 e. The van der Waals surface area contributed by atoms with Gasteiger partial charge >= 0.3 is 6.03 Å². The van der Waals surface area contributed by atoms with Gasteiger partial charge in [0.05, 0.1) is 6.54 Å². The van der Waals surface area contributed by atoms with E-state index in [-0.39, 0.29) is 6.03 Å². The van der Waals surface area contributed by atoms with E-state index in [0.717, 1.165) is 19.6 Å². The second kappa shape index (κ2) is 5.63. The number of aryl methyl sites for hydroxylation is 1. The molecule has 1 fully saturated rings. The average molecular weight is 345 g/mol. The number of para-hydroxylation sites is 1. The van der Waals surface area contributed by atoms with Crippen LogP contribution in [-0.4, -0.2) is 40.5 Å². The molecule has 2 aliphatic heterocycles. The standard InChI is InChI=1S/C22H23N3O/c1-15-7-9-16(10-8-15)11-25-19-6-4-3-5-18(19)21-17-12-23(2)22(26)24(13-17)14-20(21)25/h3-10,17H,11-14H2,1-2H3. The number of likely N-dealkylation sites (N-methyl/N-ethyl adjacent to an activating group) is 1. The number of hydrogen-bond donors (Lipinski definition) is 0. The predicted molar refractivity (Wildman–Crippen MR) is 103 cm³/mol. The average Bonchev–Trinajstić information content (AvgIpc) is 2.96. The molecule has 132 valence electrons. The van der Waals surface area contributed by atoms with Crippen molar-refractivity contribution < 1.29 is 4.79 Å². The lowest BCUT2D eigenvalue weighted by molar-refractivity contribution is 0.120. The highest BCUT2D eigenvalue weighted by Gasteiger charge is 2.38. The van der Waals surface area contributed by atoms with Gasteiger partial charge in [0.25, 0.3) is 0 Å². The number of aromatic nitrogens is 1. The van der Waals surface area contributed by atoms with Gasteiger partial charge in [-0.15, -0.1) is 0 Å². The molecule has 26 heavy (non-hydrogen) atoms. The maximum absolute atomic E-state index is 12.5. The zero-order chi connectivity index (χ0) is 17.8. The lowest BCUT2D eigenvalue weighted by atomic mass is 9.90. The molecule has 3 heterocycles. The van der Waals surface area contributed by atoms with Crippen LogP contribution in [0.15, 0.2) is 48.5 Å². The summed E-state index contributed by atoms with van der Waals surface area (Å²) in [4.78, 5) is 16.4. The van der Waals surface area contributed by atoms with Gasteiger partial charge in [0.2, 0.25) is 0 Å². The maximum atomic E-state index is 12.5. The largest absolute Gasteiger partial charge is 0.338 e. The zero-order valence-electron chi connectivity index (χ0n) is 15.3. The molecular weight excluding hydrogens is 322 g/mol. The summed E-state index contributed by atoms with van der Waals surface area (Å²) in [5.41, 5.74) is 6.62. The second-order valence-electron chi connectivity index (χ2n) is 7.69. The van der Waals surface area contributed by atoms with Crippen LogP contribution < -0.4 is 0 Å². The summed E-state index contributed by atoms with van der Waals surface area (Å²) in [5, 5.41) is 1.35. The van der Waals surface area contributed by atoms with Gasteiger partial charge in [-0.2, -0.15) is 0 Å². The summed E-state index contributed by atoms with van der Waals surface area (Å²) in [6, 6.07) is 17.6. The smallest absolute Gasteiger partial charge is 0.320 e. The van der Waals surface area contributed by atoms with Gasteiger partial charge in [0, 0.05) is 49.2 Å². The van der Waals surface area contributed by atoms with Crippen LogP contribution in [-0.2, 0) is 13.1 Å². The van der Waals surface area contributed by atoms with Crippen LogP contribution in [0.3, 0.4) is 0 Å². The first-order valence-electron chi connectivity index (χ1n) is 9.27. The number of fused-ring (bicyclic) bond motifs is 6. The molecule has 2 aromatic carbocycles. The highest BCUT2D eigenvalue weighted by Crippen LogP contribution is 2.39. The van der Waals surface area contributed by atoms with Crippen molar-refractivity contribution in [3.63, 3.8) is 0 Å². The number of benzene rings is 2. The van der Waals surface area contributed by atoms with Crippen molar-refractivity contribution in [3.05, 3.63) is 70.9 Å². The first-order valence-corrected chi connectivity index (χ1v) is 9.27. The quantitative estimate of drug-likeness (QED) is 0.691. The summed E-state index contributed by atoms with van der Waals surface area (Å²) in [5.74, 6) is 0.394. The van der Waals surface area contributed by atoms with Crippen LogP contribution in [0, 0.1) is 6.92 Å². The van der Waals surface area contributed by atoms with Gasteiger partial charge < -0.3 is 14.4 Å². The molecule has 0 N–H and O–H groups in total. The van der Waals surface area contributed by atoms with E-state index in [0.29, 0.717) is 12.5 Å². The zero-order valence-corrected chi connectivity index (χ0v) is 15.3. The van der Waals surface area contributed by atoms with Gasteiger partial charge in [-0.25, -0.2) is 4.79 Å². The highest BCUT2D eigenvalue weighted by molar-refractivity contribution is 5.88. The van der Waals surface area contributed by atoms with E-state index in [4.69, 9.17) is 0 Å². The molecule has 0 saturated carbocycles. The number of urea groups is 1. The van der Waals surface area contributed by atoms with Crippen LogP contribution >= 0.6 is 0 Å². The molecule has 3 aromatic rings.